The van der Waals surface area contributed by atoms with Gasteiger partial charge in [0.1, 0.15) is 11.5 Å². The molecule has 2 N–H and O–H groups in total. The highest BCUT2D eigenvalue weighted by atomic mass is 32.2. The summed E-state index contributed by atoms with van der Waals surface area (Å²) < 4.78 is 47.1. The second kappa shape index (κ2) is 13.0. The van der Waals surface area contributed by atoms with Crippen LogP contribution in [0.3, 0.4) is 0 Å². The topological polar surface area (TPSA) is 101 Å². The van der Waals surface area contributed by atoms with E-state index in [-0.39, 0.29) is 30.2 Å². The van der Waals surface area contributed by atoms with Crippen LogP contribution >= 0.6 is 23.1 Å². The van der Waals surface area contributed by atoms with Gasteiger partial charge in [0.05, 0.1) is 22.8 Å². The number of amides is 2. The largest absolute Gasteiger partial charge is 0.573 e. The average molecular weight is 548 g/mol. The zero-order valence-corrected chi connectivity index (χ0v) is 21.3. The third-order valence-corrected chi connectivity index (χ3v) is 7.68. The van der Waals surface area contributed by atoms with Crippen molar-refractivity contribution in [2.45, 2.75) is 55.6 Å². The van der Waals surface area contributed by atoms with Crippen molar-refractivity contribution in [3.05, 3.63) is 30.5 Å². The van der Waals surface area contributed by atoms with E-state index in [0.717, 1.165) is 37.4 Å². The summed E-state index contributed by atoms with van der Waals surface area (Å²) >= 11 is 2.37. The molecule has 3 rings (SSSR count). The molecule has 0 bridgehead atoms. The molecule has 1 fully saturated rings. The van der Waals surface area contributed by atoms with E-state index >= 15 is 0 Å². The summed E-state index contributed by atoms with van der Waals surface area (Å²) in [5.74, 6) is -0.312. The fourth-order valence-corrected chi connectivity index (χ4v) is 5.43. The van der Waals surface area contributed by atoms with Crippen molar-refractivity contribution in [3.8, 4) is 11.5 Å². The summed E-state index contributed by atoms with van der Waals surface area (Å²) in [7, 11) is 0. The number of aromatic nitrogens is 1. The molecule has 1 aliphatic rings. The maximum absolute atomic E-state index is 13.1. The van der Waals surface area contributed by atoms with Crippen LogP contribution in [0.15, 0.2) is 34.7 Å². The Morgan fingerprint density at radius 3 is 2.50 bits per heavy atom. The van der Waals surface area contributed by atoms with Crippen molar-refractivity contribution in [2.24, 2.45) is 5.92 Å². The van der Waals surface area contributed by atoms with E-state index in [9.17, 15) is 22.8 Å². The van der Waals surface area contributed by atoms with Gasteiger partial charge in [0.2, 0.25) is 0 Å². The minimum absolute atomic E-state index is 0.0833. The highest BCUT2D eigenvalue weighted by molar-refractivity contribution is 8.01. The lowest BCUT2D eigenvalue weighted by atomic mass is 9.86. The van der Waals surface area contributed by atoms with Gasteiger partial charge in [-0.1, -0.05) is 18.3 Å². The number of rotatable bonds is 11. The van der Waals surface area contributed by atoms with Gasteiger partial charge in [0.15, 0.2) is 5.13 Å². The van der Waals surface area contributed by atoms with Gasteiger partial charge >= 0.3 is 18.4 Å². The molecule has 1 saturated carbocycles. The Morgan fingerprint density at radius 1 is 1.19 bits per heavy atom. The molecule has 0 spiro atoms. The normalized spacial score (nSPS) is 17.9. The van der Waals surface area contributed by atoms with Gasteiger partial charge < -0.3 is 19.5 Å². The molecule has 0 saturated heterocycles. The first-order valence-electron chi connectivity index (χ1n) is 11.5. The molecule has 2 amide bonds. The van der Waals surface area contributed by atoms with Gasteiger partial charge in [-0.15, -0.1) is 24.9 Å². The van der Waals surface area contributed by atoms with Crippen molar-refractivity contribution in [1.29, 1.82) is 0 Å². The molecule has 0 unspecified atom stereocenters. The van der Waals surface area contributed by atoms with Crippen LogP contribution < -0.4 is 14.8 Å². The van der Waals surface area contributed by atoms with Crippen LogP contribution in [0.5, 0.6) is 11.5 Å². The molecule has 1 heterocycles. The Morgan fingerprint density at radius 2 is 1.86 bits per heavy atom. The van der Waals surface area contributed by atoms with Gasteiger partial charge in [-0.25, -0.2) is 9.78 Å². The monoisotopic (exact) mass is 547 g/mol. The number of carbonyl (C=O) groups is 2. The summed E-state index contributed by atoms with van der Waals surface area (Å²) in [5.41, 5.74) is 0. The number of hydrogen-bond acceptors (Lipinski definition) is 7. The zero-order valence-electron chi connectivity index (χ0n) is 19.6. The standard InChI is InChI=1S/C23H28F3N3O5S2/c1-15-3-5-16(6-4-15)29(22(32)28-21-27-13-20(36-21)35-14-19(30)31)11-2-12-33-17-7-9-18(10-8-17)34-23(24,25)26/h7-10,13,15-16H,2-6,11-12,14H2,1H3,(H,30,31)(H,27,28,32). The molecule has 2 aromatic rings. The fraction of sp³-hybridized carbons (Fsp3) is 0.522. The summed E-state index contributed by atoms with van der Waals surface area (Å²) in [6.07, 6.45) is 1.18. The molecular weight excluding hydrogens is 519 g/mol. The predicted molar refractivity (Wildman–Crippen MR) is 131 cm³/mol. The van der Waals surface area contributed by atoms with E-state index < -0.39 is 12.3 Å². The fourth-order valence-electron chi connectivity index (χ4n) is 3.85. The predicted octanol–water partition coefficient (Wildman–Crippen LogP) is 6.10. The quantitative estimate of drug-likeness (QED) is 0.259. The number of halogens is 3. The second-order valence-corrected chi connectivity index (χ2v) is 10.7. The van der Waals surface area contributed by atoms with Gasteiger partial charge in [0.25, 0.3) is 0 Å². The first-order chi connectivity index (χ1) is 17.1. The number of alkyl halides is 3. The lowest BCUT2D eigenvalue weighted by molar-refractivity contribution is -0.274. The molecule has 198 valence electrons. The Bertz CT molecular complexity index is 996. The third kappa shape index (κ3) is 9.41. The Kier molecular flexibility index (Phi) is 10.1. The minimum atomic E-state index is -4.75. The van der Waals surface area contributed by atoms with E-state index in [2.05, 4.69) is 22.0 Å². The van der Waals surface area contributed by atoms with Crippen LogP contribution in [-0.2, 0) is 4.79 Å². The summed E-state index contributed by atoms with van der Waals surface area (Å²) in [6, 6.07) is 4.98. The summed E-state index contributed by atoms with van der Waals surface area (Å²) in [4.78, 5) is 29.8. The first kappa shape index (κ1) is 27.9. The lowest BCUT2D eigenvalue weighted by Gasteiger charge is -2.36. The van der Waals surface area contributed by atoms with Crippen molar-refractivity contribution < 1.29 is 37.3 Å². The smallest absolute Gasteiger partial charge is 0.494 e. The number of thioether (sulfide) groups is 1. The number of hydrogen-bond donors (Lipinski definition) is 2. The molecule has 1 aromatic heterocycles. The van der Waals surface area contributed by atoms with Crippen LogP contribution in [0.25, 0.3) is 0 Å². The SMILES string of the molecule is CC1CCC(N(CCCOc2ccc(OC(F)(F)F)cc2)C(=O)Nc2ncc(SCC(=O)O)s2)CC1. The number of benzene rings is 1. The number of urea groups is 1. The average Bonchev–Trinajstić information content (AvgIpc) is 3.26. The highest BCUT2D eigenvalue weighted by Gasteiger charge is 2.31. The molecule has 1 aromatic carbocycles. The van der Waals surface area contributed by atoms with Crippen LogP contribution in [-0.4, -0.2) is 58.3 Å². The number of carboxylic acid groups (broad SMARTS) is 1. The van der Waals surface area contributed by atoms with Crippen molar-refractivity contribution in [1.82, 2.24) is 9.88 Å². The number of nitrogens with one attached hydrogen (secondary N) is 1. The number of thiazole rings is 1. The second-order valence-electron chi connectivity index (χ2n) is 8.43. The molecule has 8 nitrogen and oxygen atoms in total. The third-order valence-electron chi connectivity index (χ3n) is 5.59. The van der Waals surface area contributed by atoms with Gasteiger partial charge in [-0.2, -0.15) is 0 Å². The van der Waals surface area contributed by atoms with E-state index in [4.69, 9.17) is 9.84 Å². The Balaban J connectivity index is 1.53. The van der Waals surface area contributed by atoms with Gasteiger partial charge in [0, 0.05) is 12.6 Å². The maximum atomic E-state index is 13.1. The van der Waals surface area contributed by atoms with E-state index in [1.807, 2.05) is 0 Å². The number of carboxylic acids is 1. The van der Waals surface area contributed by atoms with Gasteiger partial charge in [-0.05, 0) is 62.3 Å². The van der Waals surface area contributed by atoms with Crippen LogP contribution in [0, 0.1) is 5.92 Å². The summed E-state index contributed by atoms with van der Waals surface area (Å²) in [6.45, 7) is 2.91. The molecule has 0 aliphatic heterocycles. The number of aliphatic carboxylic acids is 1. The van der Waals surface area contributed by atoms with Gasteiger partial charge in [-0.3, -0.25) is 10.1 Å². The number of ether oxygens (including phenoxy) is 2. The highest BCUT2D eigenvalue weighted by Crippen LogP contribution is 2.30. The van der Waals surface area contributed by atoms with Crippen molar-refractivity contribution in [3.63, 3.8) is 0 Å². The Hall–Kier alpha value is -2.67. The molecule has 0 radical (unpaired) electrons. The van der Waals surface area contributed by atoms with Crippen molar-refractivity contribution in [2.75, 3.05) is 24.2 Å². The zero-order chi connectivity index (χ0) is 26.1. The summed E-state index contributed by atoms with van der Waals surface area (Å²) in [5, 5.41) is 12.1. The first-order valence-corrected chi connectivity index (χ1v) is 13.3. The molecule has 0 atom stereocenters. The molecule has 36 heavy (non-hydrogen) atoms. The van der Waals surface area contributed by atoms with E-state index in [0.29, 0.717) is 34.0 Å². The number of carbonyl (C=O) groups excluding carboxylic acids is 1. The van der Waals surface area contributed by atoms with Crippen LogP contribution in [0.4, 0.5) is 23.1 Å². The molecular formula is C23H28F3N3O5S2. The molecule has 13 heteroatoms. The maximum Gasteiger partial charge on any atom is 0.573 e. The van der Waals surface area contributed by atoms with E-state index in [1.165, 1.54) is 35.6 Å². The molecule has 1 aliphatic carbocycles. The van der Waals surface area contributed by atoms with Crippen molar-refractivity contribution >= 4 is 40.2 Å². The number of anilines is 1. The minimum Gasteiger partial charge on any atom is -0.494 e. The van der Waals surface area contributed by atoms with E-state index in [1.54, 1.807) is 11.1 Å². The van der Waals surface area contributed by atoms with Crippen LogP contribution in [0.1, 0.15) is 39.0 Å². The lowest BCUT2D eigenvalue weighted by Crippen LogP contribution is -2.45. The Labute approximate surface area is 215 Å². The number of nitrogens with zero attached hydrogens (tertiary/aromatic N) is 2. The van der Waals surface area contributed by atoms with Crippen LogP contribution in [0.2, 0.25) is 0 Å².